The molecule has 12 heteroatoms. The van der Waals surface area contributed by atoms with Gasteiger partial charge < -0.3 is 16.2 Å². The van der Waals surface area contributed by atoms with E-state index >= 15 is 0 Å². The molecule has 37 heavy (non-hydrogen) atoms. The minimum absolute atomic E-state index is 0.0785. The van der Waals surface area contributed by atoms with Gasteiger partial charge in [-0.1, -0.05) is 23.2 Å². The van der Waals surface area contributed by atoms with Crippen molar-refractivity contribution in [3.05, 3.63) is 82.7 Å². The number of fused-ring (bicyclic) bond motifs is 1. The predicted octanol–water partition coefficient (Wildman–Crippen LogP) is 1.90. The maximum absolute atomic E-state index is 14.7. The van der Waals surface area contributed by atoms with Crippen molar-refractivity contribution in [2.45, 2.75) is 26.3 Å². The molecule has 5 rings (SSSR count). The summed E-state index contributed by atoms with van der Waals surface area (Å²) in [6, 6.07) is 11.5. The van der Waals surface area contributed by atoms with E-state index in [1.165, 1.54) is 28.6 Å². The molecule has 5 aromatic rings. The van der Waals surface area contributed by atoms with E-state index in [1.807, 2.05) is 6.92 Å². The normalized spacial score (nSPS) is 11.2. The van der Waals surface area contributed by atoms with E-state index in [2.05, 4.69) is 20.2 Å². The first kappa shape index (κ1) is 23.9. The third-order valence-corrected chi connectivity index (χ3v) is 5.98. The van der Waals surface area contributed by atoms with Crippen molar-refractivity contribution >= 4 is 22.5 Å². The Balaban J connectivity index is 1.53. The standard InChI is InChI=1S/C25H24FN9O2/c1-15-13-30-35(32-15)22-23(27)29-14-33(24(22)28)12-6-11-20-31-17-8-5-7-16(26)21(17)25(36)34(20)18-9-3-4-10-19(18)37-2/h3-5,7-10,13-14H,6,11-12H2,1-2H3,(H3,27,28)/p+1. The molecule has 0 aliphatic carbocycles. The summed E-state index contributed by atoms with van der Waals surface area (Å²) in [5, 5.41) is 8.39. The molecular formula is C25H25FN9O2+. The minimum atomic E-state index is -0.628. The summed E-state index contributed by atoms with van der Waals surface area (Å²) in [6.07, 6.45) is 4.06. The number of methoxy groups -OCH3 is 1. The number of nitrogen functional groups attached to an aromatic ring is 2. The number of aryl methyl sites for hydroxylation is 3. The highest BCUT2D eigenvalue weighted by Crippen LogP contribution is 2.24. The number of halogens is 1. The average Bonchev–Trinajstić information content (AvgIpc) is 3.31. The largest absolute Gasteiger partial charge is 0.495 e. The van der Waals surface area contributed by atoms with Crippen molar-refractivity contribution in [1.82, 2.24) is 29.5 Å². The molecule has 0 unspecified atom stereocenters. The van der Waals surface area contributed by atoms with E-state index in [0.717, 1.165) is 0 Å². The lowest BCUT2D eigenvalue weighted by atomic mass is 10.2. The van der Waals surface area contributed by atoms with Crippen LogP contribution >= 0.6 is 0 Å². The van der Waals surface area contributed by atoms with Crippen LogP contribution in [-0.4, -0.2) is 36.6 Å². The molecule has 0 fully saturated rings. The molecule has 0 spiro atoms. The van der Waals surface area contributed by atoms with Gasteiger partial charge >= 0.3 is 0 Å². The first-order valence-corrected chi connectivity index (χ1v) is 11.5. The summed E-state index contributed by atoms with van der Waals surface area (Å²) in [5.41, 5.74) is 13.8. The number of para-hydroxylation sites is 2. The Hall–Kier alpha value is -4.87. The van der Waals surface area contributed by atoms with Gasteiger partial charge in [0.25, 0.3) is 11.4 Å². The molecule has 0 saturated carbocycles. The van der Waals surface area contributed by atoms with Gasteiger partial charge in [0.05, 0.1) is 36.7 Å². The fraction of sp³-hybridized carbons (Fsp3) is 0.200. The first-order valence-electron chi connectivity index (χ1n) is 11.5. The van der Waals surface area contributed by atoms with Crippen molar-refractivity contribution in [3.63, 3.8) is 0 Å². The molecular weight excluding hydrogens is 477 g/mol. The molecule has 11 nitrogen and oxygen atoms in total. The summed E-state index contributed by atoms with van der Waals surface area (Å²) < 4.78 is 23.3. The van der Waals surface area contributed by atoms with Gasteiger partial charge in [0.2, 0.25) is 17.8 Å². The lowest BCUT2D eigenvalue weighted by Gasteiger charge is -2.16. The van der Waals surface area contributed by atoms with Crippen LogP contribution in [0.15, 0.2) is 59.8 Å². The molecule has 0 amide bonds. The maximum atomic E-state index is 14.7. The van der Waals surface area contributed by atoms with Gasteiger partial charge in [0.15, 0.2) is 0 Å². The van der Waals surface area contributed by atoms with E-state index in [4.69, 9.17) is 16.2 Å². The van der Waals surface area contributed by atoms with Crippen LogP contribution in [0.4, 0.5) is 16.0 Å². The van der Waals surface area contributed by atoms with E-state index in [-0.39, 0.29) is 16.7 Å². The quantitative estimate of drug-likeness (QED) is 0.321. The summed E-state index contributed by atoms with van der Waals surface area (Å²) in [4.78, 5) is 23.8. The zero-order valence-electron chi connectivity index (χ0n) is 20.3. The first-order chi connectivity index (χ1) is 17.9. The van der Waals surface area contributed by atoms with Crippen LogP contribution in [0.5, 0.6) is 5.75 Å². The predicted molar refractivity (Wildman–Crippen MR) is 135 cm³/mol. The molecule has 0 aliphatic heterocycles. The topological polar surface area (TPSA) is 144 Å². The third-order valence-electron chi connectivity index (χ3n) is 5.98. The van der Waals surface area contributed by atoms with Crippen molar-refractivity contribution in [2.24, 2.45) is 0 Å². The summed E-state index contributed by atoms with van der Waals surface area (Å²) in [5.74, 6) is 0.846. The lowest BCUT2D eigenvalue weighted by molar-refractivity contribution is -0.685. The Kier molecular flexibility index (Phi) is 6.22. The minimum Gasteiger partial charge on any atom is -0.495 e. The van der Waals surface area contributed by atoms with Crippen molar-refractivity contribution in [3.8, 4) is 17.1 Å². The molecule has 0 aliphatic rings. The highest BCUT2D eigenvalue weighted by atomic mass is 19.1. The molecule has 3 aromatic heterocycles. The second-order valence-corrected chi connectivity index (χ2v) is 8.41. The Bertz CT molecular complexity index is 1680. The van der Waals surface area contributed by atoms with Crippen LogP contribution in [0.1, 0.15) is 17.9 Å². The summed E-state index contributed by atoms with van der Waals surface area (Å²) in [6.45, 7) is 2.25. The monoisotopic (exact) mass is 502 g/mol. The van der Waals surface area contributed by atoms with Crippen LogP contribution in [0.2, 0.25) is 0 Å². The number of rotatable bonds is 7. The Morgan fingerprint density at radius 2 is 1.95 bits per heavy atom. The summed E-state index contributed by atoms with van der Waals surface area (Å²) >= 11 is 0. The zero-order valence-corrected chi connectivity index (χ0v) is 20.3. The van der Waals surface area contributed by atoms with E-state index < -0.39 is 11.4 Å². The van der Waals surface area contributed by atoms with Crippen molar-refractivity contribution in [2.75, 3.05) is 18.6 Å². The van der Waals surface area contributed by atoms with Gasteiger partial charge in [-0.15, -0.1) is 4.80 Å². The Morgan fingerprint density at radius 1 is 1.14 bits per heavy atom. The van der Waals surface area contributed by atoms with Crippen LogP contribution < -0.4 is 26.3 Å². The second-order valence-electron chi connectivity index (χ2n) is 8.41. The smallest absolute Gasteiger partial charge is 0.269 e. The van der Waals surface area contributed by atoms with Gasteiger partial charge in [-0.05, 0) is 37.6 Å². The molecule has 2 aromatic carbocycles. The molecule has 0 bridgehead atoms. The fourth-order valence-corrected chi connectivity index (χ4v) is 4.23. The molecule has 0 atom stereocenters. The molecule has 3 heterocycles. The maximum Gasteiger partial charge on any atom is 0.269 e. The second kappa shape index (κ2) is 9.64. The van der Waals surface area contributed by atoms with E-state index in [0.29, 0.717) is 53.8 Å². The number of nitrogens with two attached hydrogens (primary N) is 2. The van der Waals surface area contributed by atoms with Gasteiger partial charge in [-0.2, -0.15) is 10.2 Å². The van der Waals surface area contributed by atoms with E-state index in [9.17, 15) is 9.18 Å². The number of hydrogen-bond donors (Lipinski definition) is 2. The highest BCUT2D eigenvalue weighted by molar-refractivity contribution is 5.78. The van der Waals surface area contributed by atoms with Crippen molar-refractivity contribution in [1.29, 1.82) is 0 Å². The average molecular weight is 503 g/mol. The zero-order chi connectivity index (χ0) is 26.1. The number of benzene rings is 2. The molecule has 4 N–H and O–H groups in total. The van der Waals surface area contributed by atoms with Crippen LogP contribution in [0.25, 0.3) is 22.3 Å². The van der Waals surface area contributed by atoms with Gasteiger partial charge in [0, 0.05) is 6.42 Å². The van der Waals surface area contributed by atoms with Crippen LogP contribution in [0, 0.1) is 12.7 Å². The number of anilines is 2. The van der Waals surface area contributed by atoms with Gasteiger partial charge in [0.1, 0.15) is 22.8 Å². The van der Waals surface area contributed by atoms with Gasteiger partial charge in [-0.25, -0.2) is 13.9 Å². The SMILES string of the molecule is COc1ccccc1-n1c(CCC[n+]2cnc(N)c(-n3ncc(C)n3)c2N)nc2cccc(F)c2c1=O. The molecule has 0 radical (unpaired) electrons. The fourth-order valence-electron chi connectivity index (χ4n) is 4.23. The third kappa shape index (κ3) is 4.33. The molecule has 188 valence electrons. The number of hydrogen-bond acceptors (Lipinski definition) is 8. The highest BCUT2D eigenvalue weighted by Gasteiger charge is 2.21. The van der Waals surface area contributed by atoms with Gasteiger partial charge in [-0.3, -0.25) is 9.36 Å². The number of ether oxygens (including phenoxy) is 1. The molecule has 0 saturated heterocycles. The van der Waals surface area contributed by atoms with E-state index in [1.54, 1.807) is 47.4 Å². The Labute approximate surface area is 210 Å². The lowest BCUT2D eigenvalue weighted by Crippen LogP contribution is -2.40. The van der Waals surface area contributed by atoms with Crippen LogP contribution in [-0.2, 0) is 13.0 Å². The number of nitrogens with zero attached hydrogens (tertiary/aromatic N) is 7. The van der Waals surface area contributed by atoms with Crippen molar-refractivity contribution < 1.29 is 13.7 Å². The summed E-state index contributed by atoms with van der Waals surface area (Å²) in [7, 11) is 1.51. The van der Waals surface area contributed by atoms with Crippen LogP contribution in [0.3, 0.4) is 0 Å². The number of aromatic nitrogens is 7. The Morgan fingerprint density at radius 3 is 2.70 bits per heavy atom.